The van der Waals surface area contributed by atoms with Crippen molar-refractivity contribution in [2.45, 2.75) is 30.4 Å². The van der Waals surface area contributed by atoms with Crippen LogP contribution in [-0.2, 0) is 9.59 Å². The highest BCUT2D eigenvalue weighted by Gasteiger charge is 2.31. The van der Waals surface area contributed by atoms with Crippen molar-refractivity contribution in [3.8, 4) is 0 Å². The fraction of sp³-hybridized carbons (Fsp3) is 0.357. The highest BCUT2D eigenvalue weighted by atomic mass is 32.2. The van der Waals surface area contributed by atoms with Gasteiger partial charge in [0.25, 0.3) is 0 Å². The summed E-state index contributed by atoms with van der Waals surface area (Å²) in [5.41, 5.74) is 1.15. The molecule has 1 atom stereocenters. The van der Waals surface area contributed by atoms with Crippen LogP contribution in [-0.4, -0.2) is 34.6 Å². The van der Waals surface area contributed by atoms with Crippen LogP contribution < -0.4 is 4.90 Å². The smallest absolute Gasteiger partial charge is 0.305 e. The highest BCUT2D eigenvalue weighted by molar-refractivity contribution is 8.00. The number of rotatable bonds is 4. The lowest BCUT2D eigenvalue weighted by molar-refractivity contribution is -0.136. The maximum absolute atomic E-state index is 12.2. The number of fused-ring (bicyclic) bond motifs is 1. The molecule has 0 spiro atoms. The molecule has 0 aromatic heterocycles. The molecular formula is C14H15NO4S. The van der Waals surface area contributed by atoms with Gasteiger partial charge >= 0.3 is 5.97 Å². The van der Waals surface area contributed by atoms with Gasteiger partial charge in [-0.2, -0.15) is 0 Å². The third-order valence-electron chi connectivity index (χ3n) is 3.12. The van der Waals surface area contributed by atoms with Gasteiger partial charge in [0.05, 0.1) is 17.4 Å². The van der Waals surface area contributed by atoms with Crippen LogP contribution >= 0.6 is 11.8 Å². The summed E-state index contributed by atoms with van der Waals surface area (Å²) in [6.07, 6.45) is -0.118. The van der Waals surface area contributed by atoms with Crippen molar-refractivity contribution in [3.63, 3.8) is 0 Å². The zero-order valence-electron chi connectivity index (χ0n) is 11.3. The molecule has 1 unspecified atom stereocenters. The number of carbonyl (C=O) groups excluding carboxylic acids is 2. The molecule has 0 bridgehead atoms. The van der Waals surface area contributed by atoms with Crippen molar-refractivity contribution in [1.29, 1.82) is 0 Å². The van der Waals surface area contributed by atoms with E-state index >= 15 is 0 Å². The molecule has 1 heterocycles. The molecule has 0 saturated heterocycles. The maximum atomic E-state index is 12.2. The van der Waals surface area contributed by atoms with Gasteiger partial charge in [-0.05, 0) is 26.0 Å². The third kappa shape index (κ3) is 2.85. The quantitative estimate of drug-likeness (QED) is 0.861. The number of benzene rings is 1. The van der Waals surface area contributed by atoms with E-state index in [-0.39, 0.29) is 29.9 Å². The number of carbonyl (C=O) groups is 3. The molecule has 1 amide bonds. The summed E-state index contributed by atoms with van der Waals surface area (Å²) < 4.78 is 0. The van der Waals surface area contributed by atoms with Crippen LogP contribution in [0.5, 0.6) is 0 Å². The van der Waals surface area contributed by atoms with E-state index in [0.717, 1.165) is 4.90 Å². The lowest BCUT2D eigenvalue weighted by atomic mass is 10.1. The van der Waals surface area contributed by atoms with E-state index in [4.69, 9.17) is 5.11 Å². The Labute approximate surface area is 121 Å². The minimum absolute atomic E-state index is 0.0814. The Hall–Kier alpha value is -1.82. The second-order valence-corrected chi connectivity index (χ2v) is 6.02. The number of amides is 1. The predicted octanol–water partition coefficient (Wildman–Crippen LogP) is 2.19. The molecular weight excluding hydrogens is 278 g/mol. The first kappa shape index (κ1) is 14.6. The Balaban J connectivity index is 2.40. The van der Waals surface area contributed by atoms with Gasteiger partial charge in [0, 0.05) is 17.0 Å². The average Bonchev–Trinajstić information content (AvgIpc) is 2.38. The Morgan fingerprint density at radius 2 is 2.10 bits per heavy atom. The fourth-order valence-electron chi connectivity index (χ4n) is 2.06. The van der Waals surface area contributed by atoms with Crippen LogP contribution in [0.15, 0.2) is 23.1 Å². The zero-order chi connectivity index (χ0) is 14.9. The Bertz CT molecular complexity index is 585. The van der Waals surface area contributed by atoms with Crippen molar-refractivity contribution in [3.05, 3.63) is 23.8 Å². The van der Waals surface area contributed by atoms with E-state index in [2.05, 4.69) is 0 Å². The molecule has 1 aromatic rings. The summed E-state index contributed by atoms with van der Waals surface area (Å²) >= 11 is 1.43. The molecule has 0 fully saturated rings. The predicted molar refractivity (Wildman–Crippen MR) is 76.4 cm³/mol. The monoisotopic (exact) mass is 293 g/mol. The van der Waals surface area contributed by atoms with Crippen LogP contribution in [0.25, 0.3) is 0 Å². The molecule has 1 N–H and O–H groups in total. The van der Waals surface area contributed by atoms with Crippen molar-refractivity contribution in [2.24, 2.45) is 0 Å². The minimum atomic E-state index is -0.951. The normalized spacial score (nSPS) is 17.8. The van der Waals surface area contributed by atoms with Crippen LogP contribution in [0.4, 0.5) is 5.69 Å². The van der Waals surface area contributed by atoms with E-state index in [1.54, 1.807) is 19.1 Å². The van der Waals surface area contributed by atoms with Crippen molar-refractivity contribution >= 4 is 35.1 Å². The number of nitrogens with zero attached hydrogens (tertiary/aromatic N) is 1. The molecule has 0 aliphatic carbocycles. The van der Waals surface area contributed by atoms with E-state index in [9.17, 15) is 14.4 Å². The second-order valence-electron chi connectivity index (χ2n) is 4.63. The van der Waals surface area contributed by atoms with Crippen LogP contribution in [0, 0.1) is 0 Å². The number of Topliss-reactive ketones (excluding diaryl/α,β-unsaturated/α-hetero) is 1. The van der Waals surface area contributed by atoms with Crippen LogP contribution in [0.3, 0.4) is 0 Å². The topological polar surface area (TPSA) is 74.7 Å². The van der Waals surface area contributed by atoms with E-state index in [0.29, 0.717) is 11.3 Å². The number of hydrogen-bond acceptors (Lipinski definition) is 4. The summed E-state index contributed by atoms with van der Waals surface area (Å²) in [7, 11) is 0. The van der Waals surface area contributed by atoms with E-state index < -0.39 is 5.97 Å². The number of ketones is 1. The summed E-state index contributed by atoms with van der Waals surface area (Å²) in [5.74, 6) is -1.15. The Morgan fingerprint density at radius 1 is 1.40 bits per heavy atom. The van der Waals surface area contributed by atoms with Crippen molar-refractivity contribution in [1.82, 2.24) is 0 Å². The van der Waals surface area contributed by atoms with Crippen molar-refractivity contribution in [2.75, 3.05) is 11.4 Å². The minimum Gasteiger partial charge on any atom is -0.481 e. The first-order valence-corrected chi connectivity index (χ1v) is 7.13. The second kappa shape index (κ2) is 5.66. The largest absolute Gasteiger partial charge is 0.481 e. The summed E-state index contributed by atoms with van der Waals surface area (Å²) in [6, 6.07) is 5.20. The highest BCUT2D eigenvalue weighted by Crippen LogP contribution is 2.39. The van der Waals surface area contributed by atoms with Crippen molar-refractivity contribution < 1.29 is 19.5 Å². The van der Waals surface area contributed by atoms with Gasteiger partial charge in [-0.1, -0.05) is 6.07 Å². The SMILES string of the molecule is CC(=O)c1ccc2c(c1)N(CCC(=O)O)C(=O)C(C)S2. The molecule has 106 valence electrons. The summed E-state index contributed by atoms with van der Waals surface area (Å²) in [6.45, 7) is 3.37. The van der Waals surface area contributed by atoms with Crippen LogP contribution in [0.1, 0.15) is 30.6 Å². The van der Waals surface area contributed by atoms with Gasteiger partial charge in [-0.3, -0.25) is 14.4 Å². The van der Waals surface area contributed by atoms with Gasteiger partial charge < -0.3 is 10.0 Å². The zero-order valence-corrected chi connectivity index (χ0v) is 12.1. The van der Waals surface area contributed by atoms with Gasteiger partial charge in [-0.15, -0.1) is 11.8 Å². The number of thioether (sulfide) groups is 1. The molecule has 1 aromatic carbocycles. The third-order valence-corrected chi connectivity index (χ3v) is 4.28. The molecule has 2 rings (SSSR count). The molecule has 1 aliphatic rings. The number of anilines is 1. The van der Waals surface area contributed by atoms with Gasteiger partial charge in [-0.25, -0.2) is 0 Å². The van der Waals surface area contributed by atoms with E-state index in [1.165, 1.54) is 23.6 Å². The molecule has 6 heteroatoms. The number of aliphatic carboxylic acids is 1. The lowest BCUT2D eigenvalue weighted by Gasteiger charge is -2.32. The lowest BCUT2D eigenvalue weighted by Crippen LogP contribution is -2.41. The maximum Gasteiger partial charge on any atom is 0.305 e. The first-order chi connectivity index (χ1) is 9.40. The fourth-order valence-corrected chi connectivity index (χ4v) is 3.11. The summed E-state index contributed by atoms with van der Waals surface area (Å²) in [4.78, 5) is 36.7. The molecule has 0 saturated carbocycles. The van der Waals surface area contributed by atoms with Crippen LogP contribution in [0.2, 0.25) is 0 Å². The molecule has 0 radical (unpaired) electrons. The number of carboxylic acid groups (broad SMARTS) is 1. The molecule has 20 heavy (non-hydrogen) atoms. The van der Waals surface area contributed by atoms with Gasteiger partial charge in [0.15, 0.2) is 5.78 Å². The first-order valence-electron chi connectivity index (χ1n) is 6.25. The number of carboxylic acids is 1. The van der Waals surface area contributed by atoms with E-state index in [1.807, 2.05) is 6.07 Å². The Morgan fingerprint density at radius 3 is 2.70 bits per heavy atom. The Kier molecular flexibility index (Phi) is 4.13. The molecule has 5 nitrogen and oxygen atoms in total. The van der Waals surface area contributed by atoms with Gasteiger partial charge in [0.1, 0.15) is 0 Å². The standard InChI is InChI=1S/C14H15NO4S/c1-8(16)10-3-4-12-11(7-10)15(6-5-13(17)18)14(19)9(2)20-12/h3-4,7,9H,5-6H2,1-2H3,(H,17,18). The van der Waals surface area contributed by atoms with Gasteiger partial charge in [0.2, 0.25) is 5.91 Å². The average molecular weight is 293 g/mol. The summed E-state index contributed by atoms with van der Waals surface area (Å²) in [5, 5.41) is 8.54. The molecule has 1 aliphatic heterocycles. The number of hydrogen-bond donors (Lipinski definition) is 1.